The molecule has 1 aromatic rings. The zero-order valence-corrected chi connectivity index (χ0v) is 13.7. The molecule has 3 rings (SSSR count). The van der Waals surface area contributed by atoms with Crippen LogP contribution in [0.2, 0.25) is 0 Å². The van der Waals surface area contributed by atoms with Crippen LogP contribution in [0.4, 0.5) is 5.69 Å². The fourth-order valence-corrected chi connectivity index (χ4v) is 4.54. The summed E-state index contributed by atoms with van der Waals surface area (Å²) in [6.45, 7) is 5.79. The van der Waals surface area contributed by atoms with E-state index in [0.29, 0.717) is 18.1 Å². The molecule has 3 nitrogen and oxygen atoms in total. The summed E-state index contributed by atoms with van der Waals surface area (Å²) in [5, 5.41) is 12.5. The highest BCUT2D eigenvalue weighted by atomic mass is 32.2. The Kier molecular flexibility index (Phi) is 4.48. The summed E-state index contributed by atoms with van der Waals surface area (Å²) in [5.74, 6) is 1.64. The first-order valence-electron chi connectivity index (χ1n) is 7.85. The summed E-state index contributed by atoms with van der Waals surface area (Å²) in [6.07, 6.45) is 2.47. The Balaban J connectivity index is 1.58. The minimum atomic E-state index is 0.218. The van der Waals surface area contributed by atoms with Crippen LogP contribution in [-0.4, -0.2) is 36.2 Å². The number of ether oxygens (including phenoxy) is 1. The molecule has 1 saturated heterocycles. The summed E-state index contributed by atoms with van der Waals surface area (Å²) >= 11 is 1.80. The lowest BCUT2D eigenvalue weighted by Gasteiger charge is -2.55. The first-order valence-corrected chi connectivity index (χ1v) is 8.83. The molecular weight excluding hydrogens is 282 g/mol. The van der Waals surface area contributed by atoms with Crippen LogP contribution in [0, 0.1) is 11.3 Å². The average Bonchev–Trinajstić information content (AvgIpc) is 2.93. The number of anilines is 1. The second kappa shape index (κ2) is 6.19. The predicted octanol–water partition coefficient (Wildman–Crippen LogP) is 3.39. The van der Waals surface area contributed by atoms with Crippen LogP contribution >= 0.6 is 11.8 Å². The van der Waals surface area contributed by atoms with Gasteiger partial charge in [-0.15, -0.1) is 11.8 Å². The number of aliphatic hydroxyl groups is 1. The van der Waals surface area contributed by atoms with Gasteiger partial charge in [0.1, 0.15) is 0 Å². The smallest absolute Gasteiger partial charge is 0.0694 e. The Labute approximate surface area is 131 Å². The van der Waals surface area contributed by atoms with Crippen LogP contribution in [-0.2, 0) is 4.74 Å². The number of benzene rings is 1. The van der Waals surface area contributed by atoms with Crippen LogP contribution < -0.4 is 5.32 Å². The first-order chi connectivity index (χ1) is 10.1. The highest BCUT2D eigenvalue weighted by Gasteiger charge is 2.59. The Morgan fingerprint density at radius 1 is 1.33 bits per heavy atom. The van der Waals surface area contributed by atoms with Crippen molar-refractivity contribution in [3.63, 3.8) is 0 Å². The fraction of sp³-hybridized carbons (Fsp3) is 0.647. The van der Waals surface area contributed by atoms with Crippen molar-refractivity contribution >= 4 is 17.4 Å². The zero-order chi connectivity index (χ0) is 14.9. The second-order valence-corrected chi connectivity index (χ2v) is 7.81. The van der Waals surface area contributed by atoms with E-state index in [1.54, 1.807) is 11.8 Å². The number of aliphatic hydroxyl groups excluding tert-OH is 1. The van der Waals surface area contributed by atoms with Crippen LogP contribution in [0.5, 0.6) is 0 Å². The summed E-state index contributed by atoms with van der Waals surface area (Å²) in [7, 11) is 0. The van der Waals surface area contributed by atoms with E-state index in [9.17, 15) is 0 Å². The molecule has 116 valence electrons. The van der Waals surface area contributed by atoms with Crippen molar-refractivity contribution in [3.8, 4) is 0 Å². The summed E-state index contributed by atoms with van der Waals surface area (Å²) < 4.78 is 5.85. The van der Waals surface area contributed by atoms with E-state index < -0.39 is 0 Å². The maximum Gasteiger partial charge on any atom is 0.0694 e. The van der Waals surface area contributed by atoms with Crippen molar-refractivity contribution in [1.82, 2.24) is 0 Å². The molecule has 0 aromatic heterocycles. The molecule has 0 bridgehead atoms. The monoisotopic (exact) mass is 307 g/mol. The summed E-state index contributed by atoms with van der Waals surface area (Å²) in [5.41, 5.74) is 1.42. The third-order valence-corrected chi connectivity index (χ3v) is 5.95. The van der Waals surface area contributed by atoms with Gasteiger partial charge in [0.2, 0.25) is 0 Å². The molecule has 0 radical (unpaired) electrons. The van der Waals surface area contributed by atoms with Gasteiger partial charge >= 0.3 is 0 Å². The Hall–Kier alpha value is -0.710. The molecule has 0 spiro atoms. The predicted molar refractivity (Wildman–Crippen MR) is 87.9 cm³/mol. The van der Waals surface area contributed by atoms with Gasteiger partial charge in [-0.2, -0.15) is 0 Å². The fourth-order valence-electron chi connectivity index (χ4n) is 3.70. The van der Waals surface area contributed by atoms with Gasteiger partial charge in [-0.25, -0.2) is 0 Å². The topological polar surface area (TPSA) is 41.5 Å². The van der Waals surface area contributed by atoms with Crippen molar-refractivity contribution in [2.75, 3.05) is 24.3 Å². The number of nitrogens with one attached hydrogen (secondary N) is 1. The number of fused-ring (bicyclic) bond motifs is 1. The largest absolute Gasteiger partial charge is 0.396 e. The number of hydrogen-bond acceptors (Lipinski definition) is 4. The molecule has 1 aromatic carbocycles. The molecule has 1 aliphatic heterocycles. The van der Waals surface area contributed by atoms with Gasteiger partial charge in [0.25, 0.3) is 0 Å². The molecule has 21 heavy (non-hydrogen) atoms. The molecule has 3 unspecified atom stereocenters. The summed E-state index contributed by atoms with van der Waals surface area (Å²) in [6, 6.07) is 9.18. The Morgan fingerprint density at radius 3 is 2.81 bits per heavy atom. The minimum absolute atomic E-state index is 0.218. The Bertz CT molecular complexity index is 474. The van der Waals surface area contributed by atoms with Crippen LogP contribution in [0.25, 0.3) is 0 Å². The normalized spacial score (nSPS) is 29.8. The molecule has 1 saturated carbocycles. The van der Waals surface area contributed by atoms with Crippen LogP contribution in [0.15, 0.2) is 29.2 Å². The van der Waals surface area contributed by atoms with E-state index >= 15 is 0 Å². The molecule has 2 aliphatic rings. The zero-order valence-electron chi connectivity index (χ0n) is 12.8. The van der Waals surface area contributed by atoms with Crippen molar-refractivity contribution < 1.29 is 9.84 Å². The maximum absolute atomic E-state index is 8.81. The quantitative estimate of drug-likeness (QED) is 0.624. The molecule has 1 heterocycles. The molecule has 0 amide bonds. The van der Waals surface area contributed by atoms with Crippen LogP contribution in [0.3, 0.4) is 0 Å². The van der Waals surface area contributed by atoms with Crippen molar-refractivity contribution in [2.24, 2.45) is 11.3 Å². The maximum atomic E-state index is 8.81. The van der Waals surface area contributed by atoms with Crippen LogP contribution in [0.1, 0.15) is 26.7 Å². The number of rotatable bonds is 6. The van der Waals surface area contributed by atoms with E-state index in [4.69, 9.17) is 9.84 Å². The SMILES string of the molecule is CC1(C)C(Nc2ccc(SCCCO)cc2)C2CCOC21. The van der Waals surface area contributed by atoms with Crippen molar-refractivity contribution in [3.05, 3.63) is 24.3 Å². The van der Waals surface area contributed by atoms with Gasteiger partial charge in [0, 0.05) is 46.9 Å². The van der Waals surface area contributed by atoms with Crippen molar-refractivity contribution in [2.45, 2.75) is 43.7 Å². The highest BCUT2D eigenvalue weighted by Crippen LogP contribution is 2.53. The van der Waals surface area contributed by atoms with Crippen molar-refractivity contribution in [1.29, 1.82) is 0 Å². The lowest BCUT2D eigenvalue weighted by molar-refractivity contribution is -0.0923. The number of hydrogen-bond donors (Lipinski definition) is 2. The number of thioether (sulfide) groups is 1. The highest BCUT2D eigenvalue weighted by molar-refractivity contribution is 7.99. The molecule has 2 N–H and O–H groups in total. The molecule has 2 fully saturated rings. The first kappa shape index (κ1) is 15.2. The Morgan fingerprint density at radius 2 is 2.10 bits per heavy atom. The third kappa shape index (κ3) is 2.94. The van der Waals surface area contributed by atoms with E-state index in [1.807, 2.05) is 0 Å². The van der Waals surface area contributed by atoms with Gasteiger partial charge < -0.3 is 15.2 Å². The average molecular weight is 307 g/mol. The second-order valence-electron chi connectivity index (χ2n) is 6.64. The molecule has 1 aliphatic carbocycles. The summed E-state index contributed by atoms with van der Waals surface area (Å²) in [4.78, 5) is 1.27. The van der Waals surface area contributed by atoms with E-state index in [0.717, 1.165) is 18.8 Å². The lowest BCUT2D eigenvalue weighted by Crippen LogP contribution is -2.63. The molecule has 4 heteroatoms. The van der Waals surface area contributed by atoms with Gasteiger partial charge in [0.05, 0.1) is 6.10 Å². The minimum Gasteiger partial charge on any atom is -0.396 e. The van der Waals surface area contributed by atoms with E-state index in [2.05, 4.69) is 43.4 Å². The lowest BCUT2D eigenvalue weighted by atomic mass is 9.57. The molecular formula is C17H25NO2S. The van der Waals surface area contributed by atoms with Gasteiger partial charge in [-0.3, -0.25) is 0 Å². The van der Waals surface area contributed by atoms with Gasteiger partial charge in [-0.05, 0) is 37.1 Å². The van der Waals surface area contributed by atoms with E-state index in [1.165, 1.54) is 17.0 Å². The van der Waals surface area contributed by atoms with Gasteiger partial charge in [0.15, 0.2) is 0 Å². The third-order valence-electron chi connectivity index (χ3n) is 4.85. The molecule has 3 atom stereocenters. The van der Waals surface area contributed by atoms with Gasteiger partial charge in [-0.1, -0.05) is 13.8 Å². The van der Waals surface area contributed by atoms with E-state index in [-0.39, 0.29) is 12.0 Å². The standard InChI is InChI=1S/C17H25NO2S/c1-17(2)15(14-8-10-20-16(14)17)18-12-4-6-13(7-5-12)21-11-3-9-19/h4-7,14-16,18-19H,3,8-11H2,1-2H3.